The second-order valence-corrected chi connectivity index (χ2v) is 4.97. The standard InChI is InChI=1S/C11H19ClO/c1-2-13-10-8-9(12)11(10)6-4-3-5-7-11/h9-10H,2-8H2,1H3. The van der Waals surface area contributed by atoms with Gasteiger partial charge in [-0.25, -0.2) is 0 Å². The third-order valence-electron chi connectivity index (χ3n) is 3.84. The van der Waals surface area contributed by atoms with E-state index in [-0.39, 0.29) is 0 Å². The highest BCUT2D eigenvalue weighted by Gasteiger charge is 2.54. The highest BCUT2D eigenvalue weighted by Crippen LogP contribution is 2.55. The molecule has 0 bridgehead atoms. The molecule has 2 rings (SSSR count). The summed E-state index contributed by atoms with van der Waals surface area (Å²) in [6.45, 7) is 2.92. The van der Waals surface area contributed by atoms with Crippen LogP contribution in [0.25, 0.3) is 0 Å². The first kappa shape index (κ1) is 9.79. The molecule has 2 saturated carbocycles. The first-order valence-corrected chi connectivity index (χ1v) is 5.99. The predicted molar refractivity (Wildman–Crippen MR) is 55.2 cm³/mol. The van der Waals surface area contributed by atoms with Crippen LogP contribution in [-0.2, 0) is 4.74 Å². The van der Waals surface area contributed by atoms with Gasteiger partial charge in [0.05, 0.1) is 6.10 Å². The fourth-order valence-corrected chi connectivity index (χ4v) is 3.50. The summed E-state index contributed by atoms with van der Waals surface area (Å²) in [5.74, 6) is 0. The second-order valence-electron chi connectivity index (χ2n) is 4.44. The van der Waals surface area contributed by atoms with Gasteiger partial charge in [-0.3, -0.25) is 0 Å². The molecule has 0 amide bonds. The number of halogens is 1. The summed E-state index contributed by atoms with van der Waals surface area (Å²) < 4.78 is 5.76. The lowest BCUT2D eigenvalue weighted by Gasteiger charge is -2.55. The third-order valence-corrected chi connectivity index (χ3v) is 4.45. The lowest BCUT2D eigenvalue weighted by molar-refractivity contribution is -0.120. The Balaban J connectivity index is 1.99. The minimum absolute atomic E-state index is 0.371. The first-order chi connectivity index (χ1) is 6.29. The summed E-state index contributed by atoms with van der Waals surface area (Å²) in [5, 5.41) is 0.393. The van der Waals surface area contributed by atoms with Crippen LogP contribution in [0.4, 0.5) is 0 Å². The van der Waals surface area contributed by atoms with Crippen molar-refractivity contribution in [2.75, 3.05) is 6.61 Å². The molecular formula is C11H19ClO. The first-order valence-electron chi connectivity index (χ1n) is 5.55. The number of rotatable bonds is 2. The van der Waals surface area contributed by atoms with Gasteiger partial charge < -0.3 is 4.74 Å². The van der Waals surface area contributed by atoms with Gasteiger partial charge in [0.25, 0.3) is 0 Å². The van der Waals surface area contributed by atoms with Gasteiger partial charge in [0, 0.05) is 17.4 Å². The van der Waals surface area contributed by atoms with Gasteiger partial charge in [0.2, 0.25) is 0 Å². The quantitative estimate of drug-likeness (QED) is 0.624. The molecule has 0 N–H and O–H groups in total. The normalized spacial score (nSPS) is 37.4. The minimum Gasteiger partial charge on any atom is -0.378 e. The molecule has 0 aliphatic heterocycles. The van der Waals surface area contributed by atoms with Gasteiger partial charge in [0.15, 0.2) is 0 Å². The van der Waals surface area contributed by atoms with Gasteiger partial charge in [-0.2, -0.15) is 0 Å². The van der Waals surface area contributed by atoms with Gasteiger partial charge in [-0.1, -0.05) is 19.3 Å². The van der Waals surface area contributed by atoms with Gasteiger partial charge in [0.1, 0.15) is 0 Å². The zero-order chi connectivity index (χ0) is 9.31. The average molecular weight is 203 g/mol. The van der Waals surface area contributed by atoms with Crippen LogP contribution in [0.3, 0.4) is 0 Å². The zero-order valence-corrected chi connectivity index (χ0v) is 9.15. The van der Waals surface area contributed by atoms with E-state index in [1.807, 2.05) is 0 Å². The predicted octanol–water partition coefficient (Wildman–Crippen LogP) is 3.35. The van der Waals surface area contributed by atoms with E-state index in [2.05, 4.69) is 6.92 Å². The molecule has 2 unspecified atom stereocenters. The van der Waals surface area contributed by atoms with Crippen LogP contribution in [-0.4, -0.2) is 18.1 Å². The molecule has 2 fully saturated rings. The highest BCUT2D eigenvalue weighted by molar-refractivity contribution is 6.21. The van der Waals surface area contributed by atoms with Crippen LogP contribution in [0.15, 0.2) is 0 Å². The Morgan fingerprint density at radius 1 is 1.31 bits per heavy atom. The summed E-state index contributed by atoms with van der Waals surface area (Å²) in [5.41, 5.74) is 0.371. The molecule has 0 aromatic rings. The maximum absolute atomic E-state index is 6.34. The van der Waals surface area contributed by atoms with Crippen LogP contribution < -0.4 is 0 Å². The molecule has 13 heavy (non-hydrogen) atoms. The Hall–Kier alpha value is 0.250. The summed E-state index contributed by atoms with van der Waals surface area (Å²) in [6.07, 6.45) is 8.25. The zero-order valence-electron chi connectivity index (χ0n) is 8.39. The molecule has 2 aliphatic carbocycles. The topological polar surface area (TPSA) is 9.23 Å². The van der Waals surface area contributed by atoms with Gasteiger partial charge in [-0.05, 0) is 26.2 Å². The Morgan fingerprint density at radius 3 is 2.54 bits per heavy atom. The van der Waals surface area contributed by atoms with Crippen LogP contribution in [0.2, 0.25) is 0 Å². The minimum atomic E-state index is 0.371. The summed E-state index contributed by atoms with van der Waals surface area (Å²) in [4.78, 5) is 0. The molecule has 76 valence electrons. The number of hydrogen-bond donors (Lipinski definition) is 0. The lowest BCUT2D eigenvalue weighted by Crippen LogP contribution is -2.56. The number of ether oxygens (including phenoxy) is 1. The van der Waals surface area contributed by atoms with E-state index in [4.69, 9.17) is 16.3 Å². The molecule has 0 saturated heterocycles. The smallest absolute Gasteiger partial charge is 0.0659 e. The lowest BCUT2D eigenvalue weighted by atomic mass is 9.58. The maximum Gasteiger partial charge on any atom is 0.0659 e. The molecule has 1 nitrogen and oxygen atoms in total. The van der Waals surface area contributed by atoms with Crippen molar-refractivity contribution in [2.24, 2.45) is 5.41 Å². The maximum atomic E-state index is 6.34. The summed E-state index contributed by atoms with van der Waals surface area (Å²) in [7, 11) is 0. The van der Waals surface area contributed by atoms with E-state index in [0.717, 1.165) is 13.0 Å². The van der Waals surface area contributed by atoms with Crippen LogP contribution >= 0.6 is 11.6 Å². The van der Waals surface area contributed by atoms with Crippen LogP contribution in [0.5, 0.6) is 0 Å². The second kappa shape index (κ2) is 3.78. The molecule has 2 aliphatic rings. The summed E-state index contributed by atoms with van der Waals surface area (Å²) >= 11 is 6.34. The molecule has 1 spiro atoms. The molecule has 2 heteroatoms. The Bertz CT molecular complexity index is 173. The SMILES string of the molecule is CCOC1CC(Cl)C12CCCCC2. The Labute approximate surface area is 85.8 Å². The van der Waals surface area contributed by atoms with Gasteiger partial charge in [-0.15, -0.1) is 11.6 Å². The summed E-state index contributed by atoms with van der Waals surface area (Å²) in [6, 6.07) is 0. The number of hydrogen-bond acceptors (Lipinski definition) is 1. The molecule has 2 atom stereocenters. The van der Waals surface area contributed by atoms with Crippen molar-refractivity contribution in [3.63, 3.8) is 0 Å². The largest absolute Gasteiger partial charge is 0.378 e. The van der Waals surface area contributed by atoms with Crippen molar-refractivity contribution in [3.05, 3.63) is 0 Å². The van der Waals surface area contributed by atoms with Crippen molar-refractivity contribution >= 4 is 11.6 Å². The van der Waals surface area contributed by atoms with E-state index < -0.39 is 0 Å². The van der Waals surface area contributed by atoms with E-state index in [1.54, 1.807) is 0 Å². The van der Waals surface area contributed by atoms with E-state index in [0.29, 0.717) is 16.9 Å². The van der Waals surface area contributed by atoms with Crippen LogP contribution in [0, 0.1) is 5.41 Å². The van der Waals surface area contributed by atoms with Gasteiger partial charge >= 0.3 is 0 Å². The van der Waals surface area contributed by atoms with E-state index in [1.165, 1.54) is 32.1 Å². The fraction of sp³-hybridized carbons (Fsp3) is 1.00. The van der Waals surface area contributed by atoms with Crippen molar-refractivity contribution in [2.45, 2.75) is 56.9 Å². The molecule has 0 heterocycles. The molecule has 0 aromatic carbocycles. The van der Waals surface area contributed by atoms with E-state index in [9.17, 15) is 0 Å². The third kappa shape index (κ3) is 1.50. The molecule has 0 aromatic heterocycles. The molecule has 0 radical (unpaired) electrons. The highest BCUT2D eigenvalue weighted by atomic mass is 35.5. The van der Waals surface area contributed by atoms with Crippen LogP contribution in [0.1, 0.15) is 45.4 Å². The number of alkyl halides is 1. The van der Waals surface area contributed by atoms with Crippen molar-refractivity contribution < 1.29 is 4.74 Å². The van der Waals surface area contributed by atoms with Crippen molar-refractivity contribution in [3.8, 4) is 0 Å². The van der Waals surface area contributed by atoms with Crippen molar-refractivity contribution in [1.82, 2.24) is 0 Å². The van der Waals surface area contributed by atoms with E-state index >= 15 is 0 Å². The fourth-order valence-electron chi connectivity index (χ4n) is 2.98. The molecular weight excluding hydrogens is 184 g/mol. The monoisotopic (exact) mass is 202 g/mol. The Kier molecular flexibility index (Phi) is 2.85. The van der Waals surface area contributed by atoms with Crippen molar-refractivity contribution in [1.29, 1.82) is 0 Å². The Morgan fingerprint density at radius 2 is 2.00 bits per heavy atom. The average Bonchev–Trinajstić information content (AvgIpc) is 2.19.